The predicted octanol–water partition coefficient (Wildman–Crippen LogP) is 2.53. The molecule has 0 bridgehead atoms. The predicted molar refractivity (Wildman–Crippen MR) is 116 cm³/mol. The SMILES string of the molecule is C=CCN(CC(=O)N1CCN(S(=O)(=O)c2c(C)noc2C)CC1)Cc1ccc(Cl)s1. The number of nitrogens with zero attached hydrogens (tertiary/aromatic N) is 4. The van der Waals surface area contributed by atoms with Crippen molar-refractivity contribution in [1.82, 2.24) is 19.3 Å². The van der Waals surface area contributed by atoms with Gasteiger partial charge in [-0.25, -0.2) is 8.42 Å². The number of carbonyl (C=O) groups excluding carboxylic acids is 1. The van der Waals surface area contributed by atoms with Gasteiger partial charge in [0.25, 0.3) is 0 Å². The molecule has 0 unspecified atom stereocenters. The molecule has 0 spiro atoms. The first-order valence-electron chi connectivity index (χ1n) is 9.50. The molecule has 1 aliphatic rings. The van der Waals surface area contributed by atoms with Gasteiger partial charge in [-0.1, -0.05) is 22.8 Å². The summed E-state index contributed by atoms with van der Waals surface area (Å²) in [6.07, 6.45) is 1.76. The van der Waals surface area contributed by atoms with E-state index in [2.05, 4.69) is 11.7 Å². The third kappa shape index (κ3) is 5.12. The Morgan fingerprint density at radius 2 is 2.03 bits per heavy atom. The summed E-state index contributed by atoms with van der Waals surface area (Å²) in [5.41, 5.74) is 0.347. The minimum atomic E-state index is -3.69. The van der Waals surface area contributed by atoms with Gasteiger partial charge in [0.15, 0.2) is 5.76 Å². The number of carbonyl (C=O) groups is 1. The number of aryl methyl sites for hydroxylation is 2. The topological polar surface area (TPSA) is 87.0 Å². The number of thiophene rings is 1. The minimum absolute atomic E-state index is 0.0334. The van der Waals surface area contributed by atoms with Gasteiger partial charge >= 0.3 is 0 Å². The van der Waals surface area contributed by atoms with Crippen molar-refractivity contribution in [2.75, 3.05) is 39.3 Å². The first-order valence-corrected chi connectivity index (χ1v) is 12.1. The second kappa shape index (κ2) is 9.61. The van der Waals surface area contributed by atoms with Crippen LogP contribution in [0.5, 0.6) is 0 Å². The lowest BCUT2D eigenvalue weighted by atomic mass is 10.3. The molecule has 1 amide bonds. The molecular weight excluding hydrogens is 448 g/mol. The molecule has 1 saturated heterocycles. The van der Waals surface area contributed by atoms with Crippen molar-refractivity contribution in [3.63, 3.8) is 0 Å². The van der Waals surface area contributed by atoms with Crippen LogP contribution in [0.1, 0.15) is 16.3 Å². The lowest BCUT2D eigenvalue weighted by molar-refractivity contribution is -0.133. The standard InChI is InChI=1S/C19H25ClN4O4S2/c1-4-7-22(12-16-5-6-17(20)29-16)13-18(25)23-8-10-24(11-9-23)30(26,27)19-14(2)21-28-15(19)3/h4-6H,1,7-13H2,2-3H3. The normalized spacial score (nSPS) is 15.7. The molecule has 3 heterocycles. The van der Waals surface area contributed by atoms with Crippen molar-refractivity contribution in [2.45, 2.75) is 25.3 Å². The van der Waals surface area contributed by atoms with Gasteiger partial charge in [-0.15, -0.1) is 17.9 Å². The van der Waals surface area contributed by atoms with E-state index in [9.17, 15) is 13.2 Å². The highest BCUT2D eigenvalue weighted by molar-refractivity contribution is 7.89. The van der Waals surface area contributed by atoms with Gasteiger partial charge < -0.3 is 9.42 Å². The quantitative estimate of drug-likeness (QED) is 0.549. The van der Waals surface area contributed by atoms with E-state index >= 15 is 0 Å². The maximum absolute atomic E-state index is 12.9. The fourth-order valence-corrected chi connectivity index (χ4v) is 6.31. The Kier molecular flexibility index (Phi) is 7.35. The van der Waals surface area contributed by atoms with E-state index in [1.807, 2.05) is 17.0 Å². The van der Waals surface area contributed by atoms with Crippen LogP contribution in [0.25, 0.3) is 0 Å². The van der Waals surface area contributed by atoms with Gasteiger partial charge in [-0.3, -0.25) is 9.69 Å². The van der Waals surface area contributed by atoms with Crippen LogP contribution < -0.4 is 0 Å². The number of amides is 1. The number of hydrogen-bond donors (Lipinski definition) is 0. The number of aromatic nitrogens is 1. The highest BCUT2D eigenvalue weighted by Gasteiger charge is 2.34. The molecule has 8 nitrogen and oxygen atoms in total. The highest BCUT2D eigenvalue weighted by atomic mass is 35.5. The molecule has 0 aromatic carbocycles. The van der Waals surface area contributed by atoms with Crippen molar-refractivity contribution in [3.05, 3.63) is 45.5 Å². The third-order valence-electron chi connectivity index (χ3n) is 4.91. The maximum Gasteiger partial charge on any atom is 0.248 e. The molecule has 2 aromatic heterocycles. The maximum atomic E-state index is 12.9. The Balaban J connectivity index is 1.59. The van der Waals surface area contributed by atoms with Crippen LogP contribution in [0.4, 0.5) is 0 Å². The minimum Gasteiger partial charge on any atom is -0.360 e. The van der Waals surface area contributed by atoms with Crippen molar-refractivity contribution < 1.29 is 17.7 Å². The summed E-state index contributed by atoms with van der Waals surface area (Å²) in [5.74, 6) is 0.244. The molecule has 2 aromatic rings. The van der Waals surface area contributed by atoms with E-state index in [4.69, 9.17) is 16.1 Å². The van der Waals surface area contributed by atoms with E-state index in [0.717, 1.165) is 4.88 Å². The van der Waals surface area contributed by atoms with E-state index in [-0.39, 0.29) is 36.2 Å². The van der Waals surface area contributed by atoms with Crippen molar-refractivity contribution in [3.8, 4) is 0 Å². The first kappa shape index (κ1) is 23.0. The van der Waals surface area contributed by atoms with Gasteiger partial charge in [-0.05, 0) is 26.0 Å². The van der Waals surface area contributed by atoms with Gasteiger partial charge in [0.05, 0.1) is 10.9 Å². The van der Waals surface area contributed by atoms with Crippen LogP contribution in [-0.2, 0) is 21.4 Å². The number of rotatable bonds is 8. The van der Waals surface area contributed by atoms with E-state index in [0.29, 0.717) is 36.2 Å². The van der Waals surface area contributed by atoms with Gasteiger partial charge in [0, 0.05) is 44.1 Å². The Morgan fingerprint density at radius 3 is 2.57 bits per heavy atom. The number of sulfonamides is 1. The number of piperazine rings is 1. The van der Waals surface area contributed by atoms with Crippen LogP contribution in [0.3, 0.4) is 0 Å². The van der Waals surface area contributed by atoms with Crippen LogP contribution in [0, 0.1) is 13.8 Å². The molecule has 3 rings (SSSR count). The summed E-state index contributed by atoms with van der Waals surface area (Å²) < 4.78 is 33.0. The molecule has 0 radical (unpaired) electrons. The molecule has 0 N–H and O–H groups in total. The first-order chi connectivity index (χ1) is 14.2. The zero-order valence-electron chi connectivity index (χ0n) is 17.0. The Bertz CT molecular complexity index is 990. The number of hydrogen-bond acceptors (Lipinski definition) is 7. The molecule has 30 heavy (non-hydrogen) atoms. The highest BCUT2D eigenvalue weighted by Crippen LogP contribution is 2.25. The van der Waals surface area contributed by atoms with Gasteiger partial charge in [-0.2, -0.15) is 4.31 Å². The Hall–Kier alpha value is -1.72. The van der Waals surface area contributed by atoms with Gasteiger partial charge in [0.1, 0.15) is 10.6 Å². The zero-order valence-corrected chi connectivity index (χ0v) is 19.4. The summed E-state index contributed by atoms with van der Waals surface area (Å²) in [5, 5.41) is 3.74. The zero-order chi connectivity index (χ0) is 21.9. The third-order valence-corrected chi connectivity index (χ3v) is 8.27. The average Bonchev–Trinajstić information content (AvgIpc) is 3.26. The molecule has 0 saturated carbocycles. The summed E-state index contributed by atoms with van der Waals surface area (Å²) in [6.45, 7) is 9.53. The molecule has 11 heteroatoms. The summed E-state index contributed by atoms with van der Waals surface area (Å²) in [6, 6.07) is 3.79. The lowest BCUT2D eigenvalue weighted by Gasteiger charge is -2.35. The largest absolute Gasteiger partial charge is 0.360 e. The van der Waals surface area contributed by atoms with Crippen molar-refractivity contribution >= 4 is 38.9 Å². The van der Waals surface area contributed by atoms with Crippen LogP contribution >= 0.6 is 22.9 Å². The number of halogens is 1. The van der Waals surface area contributed by atoms with E-state index < -0.39 is 10.0 Å². The van der Waals surface area contributed by atoms with Crippen LogP contribution in [0.2, 0.25) is 4.34 Å². The fourth-order valence-electron chi connectivity index (χ4n) is 3.47. The second-order valence-electron chi connectivity index (χ2n) is 7.10. The monoisotopic (exact) mass is 472 g/mol. The Labute approximate surface area is 185 Å². The molecule has 164 valence electrons. The lowest BCUT2D eigenvalue weighted by Crippen LogP contribution is -2.52. The second-order valence-corrected chi connectivity index (χ2v) is 10.8. The van der Waals surface area contributed by atoms with E-state index in [1.54, 1.807) is 24.8 Å². The van der Waals surface area contributed by atoms with Crippen molar-refractivity contribution in [2.24, 2.45) is 0 Å². The van der Waals surface area contributed by atoms with E-state index in [1.165, 1.54) is 15.6 Å². The summed E-state index contributed by atoms with van der Waals surface area (Å²) in [7, 11) is -3.69. The van der Waals surface area contributed by atoms with Gasteiger partial charge in [0.2, 0.25) is 15.9 Å². The molecular formula is C19H25ClN4O4S2. The Morgan fingerprint density at radius 1 is 1.33 bits per heavy atom. The van der Waals surface area contributed by atoms with Crippen molar-refractivity contribution in [1.29, 1.82) is 0 Å². The molecule has 1 fully saturated rings. The molecule has 0 aliphatic carbocycles. The smallest absolute Gasteiger partial charge is 0.248 e. The average molecular weight is 473 g/mol. The van der Waals surface area contributed by atoms with Crippen LogP contribution in [-0.4, -0.2) is 72.9 Å². The fraction of sp³-hybridized carbons (Fsp3) is 0.474. The molecule has 1 aliphatic heterocycles. The summed E-state index contributed by atoms with van der Waals surface area (Å²) >= 11 is 7.48. The summed E-state index contributed by atoms with van der Waals surface area (Å²) in [4.78, 5) is 17.7. The van der Waals surface area contributed by atoms with Crippen LogP contribution in [0.15, 0.2) is 34.2 Å². The molecule has 0 atom stereocenters.